The largest absolute Gasteiger partial charge is 0.490 e. The van der Waals surface area contributed by atoms with Gasteiger partial charge >= 0.3 is 0 Å². The van der Waals surface area contributed by atoms with Gasteiger partial charge in [0.2, 0.25) is 11.2 Å². The number of aryl methyl sites for hydroxylation is 1. The Hall–Kier alpha value is -3.24. The molecule has 0 spiro atoms. The van der Waals surface area contributed by atoms with Crippen LogP contribution in [0.1, 0.15) is 31.9 Å². The molecular formula is C28H27ClO4. The van der Waals surface area contributed by atoms with Gasteiger partial charge in [-0.3, -0.25) is 4.79 Å². The van der Waals surface area contributed by atoms with E-state index in [1.807, 2.05) is 55.5 Å². The van der Waals surface area contributed by atoms with E-state index in [0.717, 1.165) is 16.9 Å². The number of hydrogen-bond donors (Lipinski definition) is 0. The Morgan fingerprint density at radius 3 is 2.21 bits per heavy atom. The van der Waals surface area contributed by atoms with E-state index in [1.54, 1.807) is 18.2 Å². The van der Waals surface area contributed by atoms with Crippen LogP contribution in [-0.4, -0.2) is 13.2 Å². The van der Waals surface area contributed by atoms with Crippen molar-refractivity contribution in [3.63, 3.8) is 0 Å². The Kier molecular flexibility index (Phi) is 6.48. The molecule has 4 aromatic rings. The second-order valence-corrected chi connectivity index (χ2v) is 9.50. The van der Waals surface area contributed by atoms with Gasteiger partial charge in [0.15, 0.2) is 5.76 Å². The van der Waals surface area contributed by atoms with Gasteiger partial charge in [-0.15, -0.1) is 0 Å². The van der Waals surface area contributed by atoms with Crippen molar-refractivity contribution in [2.75, 3.05) is 13.2 Å². The number of fused-ring (bicyclic) bond motifs is 1. The number of ether oxygens (including phenoxy) is 2. The molecule has 170 valence electrons. The van der Waals surface area contributed by atoms with Gasteiger partial charge in [-0.05, 0) is 48.2 Å². The van der Waals surface area contributed by atoms with Crippen LogP contribution in [0.3, 0.4) is 0 Å². The van der Waals surface area contributed by atoms with Crippen LogP contribution in [0.25, 0.3) is 22.3 Å². The fraction of sp³-hybridized carbons (Fsp3) is 0.250. The van der Waals surface area contributed by atoms with Crippen LogP contribution in [0.5, 0.6) is 11.5 Å². The normalized spacial score (nSPS) is 11.5. The SMILES string of the molecule is Cc1ccc(OCCOc2c(-c3ccc(C(C)(C)C)cc3)oc3ccc(Cl)cc3c2=O)cc1. The zero-order valence-electron chi connectivity index (χ0n) is 19.3. The molecule has 5 heteroatoms. The molecule has 0 radical (unpaired) electrons. The minimum absolute atomic E-state index is 0.0200. The van der Waals surface area contributed by atoms with Gasteiger partial charge in [0.25, 0.3) is 0 Å². The molecule has 4 nitrogen and oxygen atoms in total. The molecule has 0 aliphatic carbocycles. The maximum atomic E-state index is 13.3. The highest BCUT2D eigenvalue weighted by Gasteiger charge is 2.19. The van der Waals surface area contributed by atoms with Crippen molar-refractivity contribution in [2.24, 2.45) is 0 Å². The lowest BCUT2D eigenvalue weighted by atomic mass is 9.86. The maximum absolute atomic E-state index is 13.3. The topological polar surface area (TPSA) is 48.7 Å². The third-order valence-corrected chi connectivity index (χ3v) is 5.68. The molecule has 1 aromatic heterocycles. The van der Waals surface area contributed by atoms with Gasteiger partial charge in [-0.25, -0.2) is 0 Å². The first kappa shape index (κ1) is 22.9. The van der Waals surface area contributed by atoms with Crippen molar-refractivity contribution in [2.45, 2.75) is 33.1 Å². The van der Waals surface area contributed by atoms with Crippen molar-refractivity contribution in [1.82, 2.24) is 0 Å². The lowest BCUT2D eigenvalue weighted by Crippen LogP contribution is -2.15. The summed E-state index contributed by atoms with van der Waals surface area (Å²) in [5, 5.41) is 0.845. The highest BCUT2D eigenvalue weighted by molar-refractivity contribution is 6.31. The van der Waals surface area contributed by atoms with Crippen molar-refractivity contribution in [3.8, 4) is 22.8 Å². The van der Waals surface area contributed by atoms with Gasteiger partial charge in [0.05, 0.1) is 5.39 Å². The molecule has 0 aliphatic rings. The third kappa shape index (κ3) is 5.23. The molecule has 33 heavy (non-hydrogen) atoms. The average molecular weight is 463 g/mol. The lowest BCUT2D eigenvalue weighted by Gasteiger charge is -2.19. The van der Waals surface area contributed by atoms with E-state index < -0.39 is 0 Å². The summed E-state index contributed by atoms with van der Waals surface area (Å²) in [5.74, 6) is 1.30. The standard InChI is InChI=1S/C28H27ClO4/c1-18-5-12-22(13-6-18)31-15-16-32-27-25(30)23-17-21(29)11-14-24(23)33-26(27)19-7-9-20(10-8-19)28(2,3)4/h5-14,17H,15-16H2,1-4H3. The number of rotatable bonds is 6. The van der Waals surface area contributed by atoms with Gasteiger partial charge in [0, 0.05) is 10.6 Å². The van der Waals surface area contributed by atoms with Gasteiger partial charge in [0.1, 0.15) is 24.5 Å². The van der Waals surface area contributed by atoms with Gasteiger partial charge in [-0.2, -0.15) is 0 Å². The van der Waals surface area contributed by atoms with E-state index in [0.29, 0.717) is 28.4 Å². The molecule has 1 heterocycles. The molecule has 0 saturated heterocycles. The molecule has 4 rings (SSSR count). The second kappa shape index (κ2) is 9.32. The molecule has 0 fully saturated rings. The first-order valence-electron chi connectivity index (χ1n) is 10.9. The average Bonchev–Trinajstić information content (AvgIpc) is 2.79. The number of halogens is 1. The highest BCUT2D eigenvalue weighted by atomic mass is 35.5. The van der Waals surface area contributed by atoms with Crippen molar-refractivity contribution in [3.05, 3.63) is 93.1 Å². The number of benzene rings is 3. The zero-order valence-corrected chi connectivity index (χ0v) is 20.0. The Bertz CT molecular complexity index is 1310. The summed E-state index contributed by atoms with van der Waals surface area (Å²) in [6, 6.07) is 20.8. The van der Waals surface area contributed by atoms with Crippen molar-refractivity contribution < 1.29 is 13.9 Å². The fourth-order valence-corrected chi connectivity index (χ4v) is 3.70. The van der Waals surface area contributed by atoms with E-state index in [9.17, 15) is 4.79 Å². The van der Waals surface area contributed by atoms with E-state index >= 15 is 0 Å². The van der Waals surface area contributed by atoms with Gasteiger partial charge in [-0.1, -0.05) is 74.3 Å². The predicted molar refractivity (Wildman–Crippen MR) is 134 cm³/mol. The number of hydrogen-bond acceptors (Lipinski definition) is 4. The molecule has 0 atom stereocenters. The fourth-order valence-electron chi connectivity index (χ4n) is 3.53. The summed E-state index contributed by atoms with van der Waals surface area (Å²) in [6.45, 7) is 8.98. The molecule has 0 bridgehead atoms. The Balaban J connectivity index is 1.66. The molecular weight excluding hydrogens is 436 g/mol. The summed E-state index contributed by atoms with van der Waals surface area (Å²) in [7, 11) is 0. The van der Waals surface area contributed by atoms with Gasteiger partial charge < -0.3 is 13.9 Å². The van der Waals surface area contributed by atoms with Crippen LogP contribution in [0, 0.1) is 6.92 Å². The van der Waals surface area contributed by atoms with Crippen LogP contribution in [0.15, 0.2) is 75.9 Å². The van der Waals surface area contributed by atoms with Crippen LogP contribution in [0.2, 0.25) is 5.02 Å². The molecule has 0 N–H and O–H groups in total. The zero-order chi connectivity index (χ0) is 23.6. The van der Waals surface area contributed by atoms with Crippen LogP contribution >= 0.6 is 11.6 Å². The van der Waals surface area contributed by atoms with Crippen molar-refractivity contribution >= 4 is 22.6 Å². The van der Waals surface area contributed by atoms with Crippen LogP contribution in [0.4, 0.5) is 0 Å². The molecule has 0 saturated carbocycles. The highest BCUT2D eigenvalue weighted by Crippen LogP contribution is 2.33. The van der Waals surface area contributed by atoms with Crippen LogP contribution in [-0.2, 0) is 5.41 Å². The van der Waals surface area contributed by atoms with E-state index in [1.165, 1.54) is 5.56 Å². The quantitative estimate of drug-likeness (QED) is 0.285. The Morgan fingerprint density at radius 1 is 0.879 bits per heavy atom. The van der Waals surface area contributed by atoms with E-state index in [4.69, 9.17) is 25.5 Å². The summed E-state index contributed by atoms with van der Waals surface area (Å²) in [5.41, 5.74) is 3.34. The van der Waals surface area contributed by atoms with E-state index in [2.05, 4.69) is 20.8 Å². The molecule has 0 unspecified atom stereocenters. The summed E-state index contributed by atoms with van der Waals surface area (Å²) < 4.78 is 17.8. The molecule has 0 amide bonds. The Labute approximate surface area is 198 Å². The van der Waals surface area contributed by atoms with Crippen LogP contribution < -0.4 is 14.9 Å². The molecule has 0 aliphatic heterocycles. The lowest BCUT2D eigenvalue weighted by molar-refractivity contribution is 0.214. The first-order chi connectivity index (χ1) is 15.7. The Morgan fingerprint density at radius 2 is 1.55 bits per heavy atom. The smallest absolute Gasteiger partial charge is 0.235 e. The minimum Gasteiger partial charge on any atom is -0.490 e. The summed E-state index contributed by atoms with van der Waals surface area (Å²) >= 11 is 6.12. The van der Waals surface area contributed by atoms with Crippen molar-refractivity contribution in [1.29, 1.82) is 0 Å². The summed E-state index contributed by atoms with van der Waals surface area (Å²) in [6.07, 6.45) is 0. The first-order valence-corrected chi connectivity index (χ1v) is 11.3. The minimum atomic E-state index is -0.260. The second-order valence-electron chi connectivity index (χ2n) is 9.07. The third-order valence-electron chi connectivity index (χ3n) is 5.44. The molecule has 3 aromatic carbocycles. The van der Waals surface area contributed by atoms with E-state index in [-0.39, 0.29) is 23.2 Å². The summed E-state index contributed by atoms with van der Waals surface area (Å²) in [4.78, 5) is 13.3. The monoisotopic (exact) mass is 462 g/mol. The maximum Gasteiger partial charge on any atom is 0.235 e. The predicted octanol–water partition coefficient (Wildman–Crippen LogP) is 7.18.